The SMILES string of the molecule is CCCNC1(NCC)C(NC(F)(F)F)(N(NC(C)(C)C)NC(F)(F)C(F)(F)F)CCCC1(N(C)C)[N+](=O)[O-]. The van der Waals surface area contributed by atoms with E-state index in [2.05, 4.69) is 16.1 Å². The Balaban J connectivity index is 4.31. The Hall–Kier alpha value is -1.44. The van der Waals surface area contributed by atoms with Gasteiger partial charge in [0.15, 0.2) is 5.66 Å². The van der Waals surface area contributed by atoms with E-state index >= 15 is 0 Å². The number of halogens is 8. The second-order valence-electron chi connectivity index (χ2n) is 10.4. The van der Waals surface area contributed by atoms with E-state index in [4.69, 9.17) is 0 Å². The van der Waals surface area contributed by atoms with Crippen LogP contribution < -0.4 is 26.8 Å². The van der Waals surface area contributed by atoms with Gasteiger partial charge in [0.1, 0.15) is 5.66 Å². The van der Waals surface area contributed by atoms with Gasteiger partial charge in [-0.1, -0.05) is 13.8 Å². The lowest BCUT2D eigenvalue weighted by molar-refractivity contribution is -0.627. The van der Waals surface area contributed by atoms with Crippen molar-refractivity contribution in [3.8, 4) is 0 Å². The molecule has 0 heterocycles. The molecule has 0 bridgehead atoms. The van der Waals surface area contributed by atoms with Crippen molar-refractivity contribution in [2.45, 2.75) is 101 Å². The minimum atomic E-state index is -6.22. The molecule has 0 amide bonds. The van der Waals surface area contributed by atoms with Crippen LogP contribution in [0, 0.1) is 10.1 Å². The molecular formula is C20H38F8N8O2. The number of nitro groups is 1. The summed E-state index contributed by atoms with van der Waals surface area (Å²) in [6.07, 6.45) is -12.9. The highest BCUT2D eigenvalue weighted by Crippen LogP contribution is 2.49. The van der Waals surface area contributed by atoms with Crippen LogP contribution in [0.4, 0.5) is 35.1 Å². The maximum atomic E-state index is 14.5. The largest absolute Gasteiger partial charge is 0.470 e. The minimum Gasteiger partial charge on any atom is -0.289 e. The van der Waals surface area contributed by atoms with E-state index in [0.717, 1.165) is 10.3 Å². The summed E-state index contributed by atoms with van der Waals surface area (Å²) in [5.74, 6) is 0. The number of likely N-dealkylation sites (N-methyl/N-ethyl adjacent to an activating group) is 2. The second-order valence-corrected chi connectivity index (χ2v) is 10.4. The molecule has 0 spiro atoms. The van der Waals surface area contributed by atoms with Gasteiger partial charge in [0.05, 0.1) is 0 Å². The van der Waals surface area contributed by atoms with Crippen molar-refractivity contribution in [2.75, 3.05) is 27.2 Å². The predicted molar refractivity (Wildman–Crippen MR) is 123 cm³/mol. The molecule has 38 heavy (non-hydrogen) atoms. The van der Waals surface area contributed by atoms with Crippen LogP contribution in [0.3, 0.4) is 0 Å². The van der Waals surface area contributed by atoms with Crippen molar-refractivity contribution in [2.24, 2.45) is 0 Å². The highest BCUT2D eigenvalue weighted by Gasteiger charge is 2.78. The summed E-state index contributed by atoms with van der Waals surface area (Å²) < 4.78 is 112. The summed E-state index contributed by atoms with van der Waals surface area (Å²) in [6.45, 7) is 6.61. The topological polar surface area (TPSA) is 110 Å². The fraction of sp³-hybridized carbons (Fsp3) is 1.00. The van der Waals surface area contributed by atoms with Gasteiger partial charge in [0.2, 0.25) is 0 Å². The smallest absolute Gasteiger partial charge is 0.289 e. The van der Waals surface area contributed by atoms with E-state index in [1.54, 1.807) is 6.92 Å². The van der Waals surface area contributed by atoms with E-state index in [0.29, 0.717) is 0 Å². The normalized spacial score (nSPS) is 27.8. The highest BCUT2D eigenvalue weighted by molar-refractivity contribution is 5.20. The van der Waals surface area contributed by atoms with Crippen LogP contribution in [-0.2, 0) is 0 Å². The molecule has 0 aromatic carbocycles. The third-order valence-corrected chi connectivity index (χ3v) is 6.19. The summed E-state index contributed by atoms with van der Waals surface area (Å²) in [4.78, 5) is 12.9. The molecule has 1 aliphatic rings. The van der Waals surface area contributed by atoms with E-state index in [1.165, 1.54) is 47.1 Å². The maximum Gasteiger partial charge on any atom is 0.470 e. The Kier molecular flexibility index (Phi) is 10.5. The molecule has 1 aliphatic carbocycles. The zero-order valence-electron chi connectivity index (χ0n) is 22.4. The zero-order chi connectivity index (χ0) is 30.0. The Morgan fingerprint density at radius 1 is 0.921 bits per heavy atom. The van der Waals surface area contributed by atoms with Crippen LogP contribution in [0.1, 0.15) is 60.3 Å². The van der Waals surface area contributed by atoms with Gasteiger partial charge in [-0.2, -0.15) is 45.7 Å². The molecule has 3 atom stereocenters. The molecule has 1 fully saturated rings. The van der Waals surface area contributed by atoms with Gasteiger partial charge >= 0.3 is 24.2 Å². The van der Waals surface area contributed by atoms with Crippen LogP contribution in [0.2, 0.25) is 0 Å². The van der Waals surface area contributed by atoms with Crippen LogP contribution in [-0.4, -0.2) is 83.2 Å². The summed E-state index contributed by atoms with van der Waals surface area (Å²) in [7, 11) is 2.46. The third-order valence-electron chi connectivity index (χ3n) is 6.19. The third kappa shape index (κ3) is 6.64. The first-order valence-electron chi connectivity index (χ1n) is 12.0. The van der Waals surface area contributed by atoms with E-state index in [1.807, 2.05) is 0 Å². The van der Waals surface area contributed by atoms with Crippen LogP contribution >= 0.6 is 0 Å². The summed E-state index contributed by atoms with van der Waals surface area (Å²) in [5.41, 5.74) is -6.37. The summed E-state index contributed by atoms with van der Waals surface area (Å²) in [5, 5.41) is 19.4. The molecule has 5 N–H and O–H groups in total. The molecule has 0 aromatic heterocycles. The van der Waals surface area contributed by atoms with Gasteiger partial charge in [-0.05, 0) is 67.2 Å². The number of hydrogen-bond acceptors (Lipinski definition) is 9. The first-order valence-corrected chi connectivity index (χ1v) is 12.0. The van der Waals surface area contributed by atoms with Crippen molar-refractivity contribution in [3.05, 3.63) is 10.1 Å². The number of hydrogen-bond donors (Lipinski definition) is 5. The van der Waals surface area contributed by atoms with Gasteiger partial charge in [0.25, 0.3) is 0 Å². The quantitative estimate of drug-likeness (QED) is 0.0790. The fourth-order valence-corrected chi connectivity index (χ4v) is 4.95. The molecule has 10 nitrogen and oxygen atoms in total. The van der Waals surface area contributed by atoms with Crippen molar-refractivity contribution in [1.82, 2.24) is 36.8 Å². The number of nitrogens with zero attached hydrogens (tertiary/aromatic N) is 3. The Labute approximate surface area is 216 Å². The van der Waals surface area contributed by atoms with Crippen molar-refractivity contribution in [1.29, 1.82) is 0 Å². The van der Waals surface area contributed by atoms with Crippen LogP contribution in [0.25, 0.3) is 0 Å². The standard InChI is InChI=1S/C20H38F8N8O2/c1-8-13-30-17(29-9-2)15(31-20(26,27)28,11-10-12-16(17,34(6)7)36(37)38)35(32-14(3,4)5)33-19(24,25)18(21,22)23/h29-33H,8-13H2,1-7H3. The number of hydrazine groups is 2. The highest BCUT2D eigenvalue weighted by atomic mass is 19.4. The number of rotatable bonds is 12. The van der Waals surface area contributed by atoms with Gasteiger partial charge in [0, 0.05) is 16.9 Å². The Morgan fingerprint density at radius 2 is 1.47 bits per heavy atom. The van der Waals surface area contributed by atoms with Crippen LogP contribution in [0.5, 0.6) is 0 Å². The average molecular weight is 575 g/mol. The molecule has 0 aromatic rings. The molecule has 0 saturated heterocycles. The van der Waals surface area contributed by atoms with Crippen molar-refractivity contribution < 1.29 is 40.0 Å². The van der Waals surface area contributed by atoms with Gasteiger partial charge in [-0.25, -0.2) is 15.6 Å². The lowest BCUT2D eigenvalue weighted by atomic mass is 9.69. The lowest BCUT2D eigenvalue weighted by Crippen LogP contribution is -2.96. The van der Waals surface area contributed by atoms with Crippen molar-refractivity contribution >= 4 is 0 Å². The summed E-state index contributed by atoms with van der Waals surface area (Å²) in [6, 6.07) is -5.74. The Morgan fingerprint density at radius 3 is 1.84 bits per heavy atom. The molecule has 18 heteroatoms. The van der Waals surface area contributed by atoms with Crippen LogP contribution in [0.15, 0.2) is 0 Å². The van der Waals surface area contributed by atoms with Gasteiger partial charge in [-0.3, -0.25) is 20.7 Å². The molecule has 3 unspecified atom stereocenters. The van der Waals surface area contributed by atoms with Gasteiger partial charge < -0.3 is 0 Å². The van der Waals surface area contributed by atoms with Gasteiger partial charge in [-0.15, -0.1) is 0 Å². The predicted octanol–water partition coefficient (Wildman–Crippen LogP) is 3.08. The average Bonchev–Trinajstić information content (AvgIpc) is 2.69. The molecular weight excluding hydrogens is 536 g/mol. The maximum absolute atomic E-state index is 14.5. The zero-order valence-corrected chi connectivity index (χ0v) is 22.4. The van der Waals surface area contributed by atoms with E-state index in [-0.39, 0.29) is 37.5 Å². The fourth-order valence-electron chi connectivity index (χ4n) is 4.95. The first-order chi connectivity index (χ1) is 17.0. The molecule has 1 rings (SSSR count). The number of nitrogens with one attached hydrogen (secondary N) is 5. The minimum absolute atomic E-state index is 0.0970. The van der Waals surface area contributed by atoms with Crippen molar-refractivity contribution in [3.63, 3.8) is 0 Å². The lowest BCUT2D eigenvalue weighted by Gasteiger charge is -2.63. The Bertz CT molecular complexity index is 807. The molecule has 226 valence electrons. The molecule has 0 aliphatic heterocycles. The summed E-state index contributed by atoms with van der Waals surface area (Å²) >= 11 is 0. The second kappa shape index (κ2) is 11.6. The van der Waals surface area contributed by atoms with E-state index < -0.39 is 52.4 Å². The first kappa shape index (κ1) is 34.6. The monoisotopic (exact) mass is 574 g/mol. The van der Waals surface area contributed by atoms with E-state index in [9.17, 15) is 45.2 Å². The molecule has 0 radical (unpaired) electrons. The number of alkyl halides is 8. The molecule has 1 saturated carbocycles.